The highest BCUT2D eigenvalue weighted by atomic mass is 16.3. The van der Waals surface area contributed by atoms with Gasteiger partial charge < -0.3 is 19.1 Å². The molecule has 1 aromatic heterocycles. The van der Waals surface area contributed by atoms with E-state index in [1.165, 1.54) is 97.3 Å². The first-order chi connectivity index (χ1) is 36.2. The Kier molecular flexibility index (Phi) is 10.0. The highest BCUT2D eigenvalue weighted by molar-refractivity contribution is 7.00. The van der Waals surface area contributed by atoms with Crippen molar-refractivity contribution in [2.75, 3.05) is 14.7 Å². The van der Waals surface area contributed by atoms with Crippen molar-refractivity contribution in [2.24, 2.45) is 0 Å². The van der Waals surface area contributed by atoms with Crippen LogP contribution < -0.4 is 31.1 Å². The van der Waals surface area contributed by atoms with Crippen molar-refractivity contribution < 1.29 is 4.42 Å². The Hall–Kier alpha value is -7.76. The van der Waals surface area contributed by atoms with Gasteiger partial charge >= 0.3 is 0 Å². The van der Waals surface area contributed by atoms with E-state index in [2.05, 4.69) is 264 Å². The number of nitrogens with zero attached hydrogens (tertiary/aromatic N) is 3. The highest BCUT2D eigenvalue weighted by Gasteiger charge is 2.61. The SMILES string of the molecule is CC(C)(C)c1ccc(N(c2ccc3c(c2)N(c2ccc(C(C)(C)C)cc2-c2ccccc2)c2cc(-c4ccccc4)cc4c2B3c2cccc3c2N4C2(C)CCCCC32C)c2ccc3c(c2)oc2ccccc23)cc1. The predicted molar refractivity (Wildman–Crippen MR) is 319 cm³/mol. The van der Waals surface area contributed by atoms with Gasteiger partial charge in [-0.25, -0.2) is 0 Å². The van der Waals surface area contributed by atoms with E-state index in [1.54, 1.807) is 0 Å². The molecule has 1 fully saturated rings. The molecule has 0 spiro atoms. The second-order valence-electron chi connectivity index (χ2n) is 24.5. The zero-order valence-electron chi connectivity index (χ0n) is 44.6. The van der Waals surface area contributed by atoms with Crippen LogP contribution >= 0.6 is 0 Å². The molecule has 0 radical (unpaired) electrons. The molecule has 4 heterocycles. The maximum Gasteiger partial charge on any atom is 0.252 e. The first-order valence-corrected chi connectivity index (χ1v) is 27.3. The molecule has 1 saturated carbocycles. The van der Waals surface area contributed by atoms with Crippen LogP contribution in [0.25, 0.3) is 44.2 Å². The summed E-state index contributed by atoms with van der Waals surface area (Å²) in [5.74, 6) is 0. The van der Waals surface area contributed by atoms with E-state index in [-0.39, 0.29) is 28.5 Å². The summed E-state index contributed by atoms with van der Waals surface area (Å²) in [6.07, 6.45) is 4.81. The maximum absolute atomic E-state index is 6.63. The molecule has 0 bridgehead atoms. The molecule has 4 nitrogen and oxygen atoms in total. The van der Waals surface area contributed by atoms with Gasteiger partial charge in [0.05, 0.1) is 11.2 Å². The van der Waals surface area contributed by atoms with Gasteiger partial charge in [0, 0.05) is 67.6 Å². The van der Waals surface area contributed by atoms with Crippen LogP contribution in [0.3, 0.4) is 0 Å². The lowest BCUT2D eigenvalue weighted by Gasteiger charge is -2.53. The van der Waals surface area contributed by atoms with Crippen LogP contribution in [-0.4, -0.2) is 12.3 Å². The zero-order chi connectivity index (χ0) is 51.2. The third-order valence-corrected chi connectivity index (χ3v) is 18.1. The molecule has 75 heavy (non-hydrogen) atoms. The summed E-state index contributed by atoms with van der Waals surface area (Å²) < 4.78 is 6.63. The summed E-state index contributed by atoms with van der Waals surface area (Å²) in [6, 6.07) is 73.5. The average molecular weight is 974 g/mol. The molecule has 5 heteroatoms. The van der Waals surface area contributed by atoms with E-state index in [0.717, 1.165) is 51.1 Å². The number of hydrogen-bond donors (Lipinski definition) is 0. The summed E-state index contributed by atoms with van der Waals surface area (Å²) in [6.45, 7) is 19.0. The highest BCUT2D eigenvalue weighted by Crippen LogP contribution is 2.62. The van der Waals surface area contributed by atoms with Crippen molar-refractivity contribution in [3.8, 4) is 22.3 Å². The van der Waals surface area contributed by atoms with Crippen molar-refractivity contribution in [3.05, 3.63) is 211 Å². The molecule has 0 N–H and O–H groups in total. The lowest BCUT2D eigenvalue weighted by atomic mass is 9.33. The number of rotatable bonds is 6. The second kappa shape index (κ2) is 16.4. The predicted octanol–water partition coefficient (Wildman–Crippen LogP) is 17.3. The molecule has 4 aliphatic rings. The van der Waals surface area contributed by atoms with E-state index in [0.29, 0.717) is 0 Å². The van der Waals surface area contributed by atoms with Crippen LogP contribution in [0.2, 0.25) is 0 Å². The summed E-state index contributed by atoms with van der Waals surface area (Å²) >= 11 is 0. The fraction of sp³-hybridized carbons (Fsp3) is 0.229. The standard InChI is InChI=1S/C70H64BN3O/c1-67(2,3)48-28-31-50(32-29-48)72(52-33-35-54-53-24-15-16-27-63(53)75-64(54)44-52)51-34-36-57-60(43-51)73(59-37-30-49(68(4,5)6)42-55(59)46-22-13-10-14-23-46)61-40-47(45-20-11-9-12-21-45)41-62-65(61)71(57)58-26-19-25-56-66(58)74(62)70(8)39-18-17-38-69(56,70)7/h9-16,19-37,40-44H,17-18,38-39H2,1-8H3. The van der Waals surface area contributed by atoms with Crippen molar-refractivity contribution >= 4 is 90.5 Å². The van der Waals surface area contributed by atoms with Gasteiger partial charge in [-0.3, -0.25) is 0 Å². The van der Waals surface area contributed by atoms with Gasteiger partial charge in [-0.2, -0.15) is 0 Å². The van der Waals surface area contributed by atoms with E-state index in [1.807, 2.05) is 0 Å². The average Bonchev–Trinajstić information content (AvgIpc) is 4.08. The number of fused-ring (bicyclic) bond motifs is 10. The summed E-state index contributed by atoms with van der Waals surface area (Å²) in [5, 5.41) is 2.25. The fourth-order valence-electron chi connectivity index (χ4n) is 13.9. The molecule has 2 unspecified atom stereocenters. The molecule has 1 aliphatic carbocycles. The number of hydrogen-bond acceptors (Lipinski definition) is 4. The zero-order valence-corrected chi connectivity index (χ0v) is 44.6. The Morgan fingerprint density at radius 1 is 0.480 bits per heavy atom. The van der Waals surface area contributed by atoms with E-state index in [4.69, 9.17) is 4.42 Å². The Morgan fingerprint density at radius 3 is 1.88 bits per heavy atom. The van der Waals surface area contributed by atoms with Gasteiger partial charge in [-0.1, -0.05) is 183 Å². The van der Waals surface area contributed by atoms with Gasteiger partial charge in [-0.15, -0.1) is 0 Å². The lowest BCUT2D eigenvalue weighted by molar-refractivity contribution is 0.195. The smallest absolute Gasteiger partial charge is 0.252 e. The first-order valence-electron chi connectivity index (χ1n) is 27.3. The van der Waals surface area contributed by atoms with E-state index >= 15 is 0 Å². The van der Waals surface area contributed by atoms with Crippen LogP contribution in [0, 0.1) is 0 Å². The molecule has 10 aromatic rings. The van der Waals surface area contributed by atoms with Crippen molar-refractivity contribution in [1.29, 1.82) is 0 Å². The van der Waals surface area contributed by atoms with Gasteiger partial charge in [0.25, 0.3) is 6.71 Å². The van der Waals surface area contributed by atoms with E-state index in [9.17, 15) is 0 Å². The van der Waals surface area contributed by atoms with Crippen LogP contribution in [0.5, 0.6) is 0 Å². The van der Waals surface area contributed by atoms with Gasteiger partial charge in [0.2, 0.25) is 0 Å². The number of anilines is 8. The van der Waals surface area contributed by atoms with E-state index < -0.39 is 0 Å². The third-order valence-electron chi connectivity index (χ3n) is 18.1. The van der Waals surface area contributed by atoms with Crippen LogP contribution in [0.15, 0.2) is 199 Å². The summed E-state index contributed by atoms with van der Waals surface area (Å²) in [4.78, 5) is 7.95. The molecular formula is C70H64BN3O. The van der Waals surface area contributed by atoms with Gasteiger partial charge in [0.1, 0.15) is 11.2 Å². The summed E-state index contributed by atoms with van der Waals surface area (Å²) in [5.41, 5.74) is 24.3. The van der Waals surface area contributed by atoms with Crippen molar-refractivity contribution in [1.82, 2.24) is 0 Å². The largest absolute Gasteiger partial charge is 0.456 e. The Morgan fingerprint density at radius 2 is 1.12 bits per heavy atom. The molecule has 0 amide bonds. The van der Waals surface area contributed by atoms with Crippen molar-refractivity contribution in [2.45, 2.75) is 103 Å². The quantitative estimate of drug-likeness (QED) is 0.155. The normalized spacial score (nSPS) is 18.5. The van der Waals surface area contributed by atoms with Gasteiger partial charge in [0.15, 0.2) is 0 Å². The molecule has 14 rings (SSSR count). The second-order valence-corrected chi connectivity index (χ2v) is 24.5. The Labute approximate surface area is 443 Å². The molecule has 9 aromatic carbocycles. The van der Waals surface area contributed by atoms with Crippen molar-refractivity contribution in [3.63, 3.8) is 0 Å². The van der Waals surface area contributed by atoms with Crippen LogP contribution in [0.1, 0.15) is 97.8 Å². The topological polar surface area (TPSA) is 22.9 Å². The monoisotopic (exact) mass is 974 g/mol. The first kappa shape index (κ1) is 45.8. The summed E-state index contributed by atoms with van der Waals surface area (Å²) in [7, 11) is 0. The lowest BCUT2D eigenvalue weighted by Crippen LogP contribution is -2.64. The van der Waals surface area contributed by atoms with Gasteiger partial charge in [-0.05, 0) is 147 Å². The number of furan rings is 1. The molecule has 368 valence electrons. The molecule has 3 aliphatic heterocycles. The molecule has 2 atom stereocenters. The minimum absolute atomic E-state index is 0.000649. The fourth-order valence-corrected chi connectivity index (χ4v) is 13.9. The minimum Gasteiger partial charge on any atom is -0.456 e. The maximum atomic E-state index is 6.63. The number of benzene rings is 9. The third kappa shape index (κ3) is 6.82. The number of para-hydroxylation sites is 2. The Balaban J connectivity index is 1.09. The van der Waals surface area contributed by atoms with Crippen LogP contribution in [0.4, 0.5) is 45.5 Å². The Bertz CT molecular complexity index is 3920. The minimum atomic E-state index is -0.0970. The molecular weight excluding hydrogens is 910 g/mol. The molecule has 0 saturated heterocycles. The van der Waals surface area contributed by atoms with Crippen LogP contribution in [-0.2, 0) is 16.2 Å².